The van der Waals surface area contributed by atoms with Gasteiger partial charge in [0.15, 0.2) is 11.6 Å². The van der Waals surface area contributed by atoms with Crippen LogP contribution >= 0.6 is 0 Å². The molecule has 12 nitrogen and oxygen atoms in total. The summed E-state index contributed by atoms with van der Waals surface area (Å²) in [4.78, 5) is 26.0. The molecule has 3 atom stereocenters. The highest BCUT2D eigenvalue weighted by Crippen LogP contribution is 2.40. The Labute approximate surface area is 264 Å². The van der Waals surface area contributed by atoms with Gasteiger partial charge in [-0.25, -0.2) is 15.1 Å². The molecule has 232 valence electrons. The zero-order valence-electron chi connectivity index (χ0n) is 25.7. The van der Waals surface area contributed by atoms with Crippen molar-refractivity contribution in [3.8, 4) is 39.9 Å². The van der Waals surface area contributed by atoms with Gasteiger partial charge < -0.3 is 24.5 Å². The number of carbonyl (C=O) groups is 1. The number of likely N-dealkylation sites (tertiary alicyclic amines) is 1. The van der Waals surface area contributed by atoms with E-state index >= 15 is 0 Å². The number of ether oxygens (including phenoxy) is 1. The monoisotopic (exact) mass is 614 g/mol. The highest BCUT2D eigenvalue weighted by atomic mass is 16.5. The number of piperidine rings is 1. The van der Waals surface area contributed by atoms with Gasteiger partial charge in [0.05, 0.1) is 24.0 Å². The van der Waals surface area contributed by atoms with Gasteiger partial charge in [0, 0.05) is 54.3 Å². The minimum absolute atomic E-state index is 0.000144. The molecule has 0 unspecified atom stereocenters. The number of amides is 1. The number of methoxy groups -OCH3 is 1. The predicted molar refractivity (Wildman–Crippen MR) is 173 cm³/mol. The van der Waals surface area contributed by atoms with Gasteiger partial charge in [-0.05, 0) is 78.3 Å². The Morgan fingerprint density at radius 1 is 1.02 bits per heavy atom. The van der Waals surface area contributed by atoms with Crippen molar-refractivity contribution in [2.75, 3.05) is 13.7 Å². The standard InChI is InChI=1S/C34H34N10O2/c1-42-30-25(13-23(15-28(30)46-2)34(45)44-17-22-10-12-26(44)29(22)35)37-33(42)27-14-21-9-11-24(36-32(21)43(27)16-18-3-4-18)19-5-7-20(8-6-19)31-38-40-41-39-31/h5-9,11,13-15,18,22,26,29H,3-4,10,12,16-17,35H2,1-2H3,(H,38,39,40,41)/t22-,26-,29-/m1/s1. The average Bonchev–Trinajstić information content (AvgIpc) is 3.45. The number of benzene rings is 2. The lowest BCUT2D eigenvalue weighted by Crippen LogP contribution is -2.41. The SMILES string of the molecule is COc1cc(C(=O)N2C[C@H]3CC[C@@H]2[C@@H]3N)cc2nc(-c3cc4ccc(-c5ccc(-c6nnn[nH]6)cc5)nc4n3CC3CC3)n(C)c12. The van der Waals surface area contributed by atoms with Crippen LogP contribution in [0.2, 0.25) is 0 Å². The van der Waals surface area contributed by atoms with Crippen LogP contribution in [0.15, 0.2) is 54.6 Å². The molecule has 2 saturated carbocycles. The number of aromatic amines is 1. The third-order valence-electron chi connectivity index (χ3n) is 10.2. The van der Waals surface area contributed by atoms with Crippen molar-refractivity contribution in [3.05, 3.63) is 60.2 Å². The zero-order chi connectivity index (χ0) is 31.1. The van der Waals surface area contributed by atoms with Crippen LogP contribution < -0.4 is 10.5 Å². The molecule has 9 rings (SSSR count). The van der Waals surface area contributed by atoms with E-state index in [1.54, 1.807) is 7.11 Å². The largest absolute Gasteiger partial charge is 0.494 e. The van der Waals surface area contributed by atoms with Crippen molar-refractivity contribution in [2.24, 2.45) is 24.6 Å². The maximum Gasteiger partial charge on any atom is 0.254 e. The van der Waals surface area contributed by atoms with Gasteiger partial charge in [0.1, 0.15) is 16.9 Å². The molecule has 4 aromatic heterocycles. The minimum atomic E-state index is 0.000144. The first kappa shape index (κ1) is 27.2. The highest BCUT2D eigenvalue weighted by Gasteiger charge is 2.47. The van der Waals surface area contributed by atoms with E-state index in [1.165, 1.54) is 12.8 Å². The van der Waals surface area contributed by atoms with Crippen LogP contribution in [0.1, 0.15) is 36.0 Å². The maximum absolute atomic E-state index is 13.7. The summed E-state index contributed by atoms with van der Waals surface area (Å²) in [5, 5.41) is 15.2. The summed E-state index contributed by atoms with van der Waals surface area (Å²) in [6.07, 6.45) is 4.49. The van der Waals surface area contributed by atoms with Crippen LogP contribution in [-0.4, -0.2) is 76.3 Å². The van der Waals surface area contributed by atoms with Gasteiger partial charge in [-0.1, -0.05) is 24.3 Å². The van der Waals surface area contributed by atoms with E-state index in [0.717, 1.165) is 76.3 Å². The molecule has 0 radical (unpaired) electrons. The Balaban J connectivity index is 1.12. The molecule has 3 N–H and O–H groups in total. The van der Waals surface area contributed by atoms with Crippen LogP contribution in [0, 0.1) is 11.8 Å². The Morgan fingerprint density at radius 2 is 1.85 bits per heavy atom. The van der Waals surface area contributed by atoms with Gasteiger partial charge in [-0.3, -0.25) is 4.79 Å². The van der Waals surface area contributed by atoms with E-state index in [1.807, 2.05) is 48.3 Å². The minimum Gasteiger partial charge on any atom is -0.494 e. The molecule has 3 fully saturated rings. The summed E-state index contributed by atoms with van der Waals surface area (Å²) in [7, 11) is 3.66. The molecule has 1 saturated heterocycles. The Hall–Kier alpha value is -5.10. The van der Waals surface area contributed by atoms with E-state index in [-0.39, 0.29) is 18.0 Å². The highest BCUT2D eigenvalue weighted by molar-refractivity contribution is 6.00. The molecule has 46 heavy (non-hydrogen) atoms. The average molecular weight is 615 g/mol. The second-order valence-electron chi connectivity index (χ2n) is 13.0. The van der Waals surface area contributed by atoms with Crippen molar-refractivity contribution in [1.29, 1.82) is 0 Å². The predicted octanol–water partition coefficient (Wildman–Crippen LogP) is 4.42. The molecular weight excluding hydrogens is 580 g/mol. The van der Waals surface area contributed by atoms with E-state index in [0.29, 0.717) is 29.0 Å². The van der Waals surface area contributed by atoms with E-state index in [4.69, 9.17) is 20.4 Å². The molecule has 3 aliphatic rings. The molecule has 2 bridgehead atoms. The topological polar surface area (TPSA) is 146 Å². The molecule has 1 aliphatic heterocycles. The number of hydrogen-bond donors (Lipinski definition) is 2. The van der Waals surface area contributed by atoms with Crippen LogP contribution in [0.5, 0.6) is 5.75 Å². The van der Waals surface area contributed by atoms with Crippen LogP contribution in [0.25, 0.3) is 56.2 Å². The number of fused-ring (bicyclic) bond motifs is 4. The van der Waals surface area contributed by atoms with Crippen molar-refractivity contribution in [2.45, 2.75) is 44.3 Å². The molecular formula is C34H34N10O2. The van der Waals surface area contributed by atoms with E-state index in [2.05, 4.69) is 48.0 Å². The molecule has 12 heteroatoms. The third-order valence-corrected chi connectivity index (χ3v) is 10.2. The molecule has 6 aromatic rings. The number of aromatic nitrogens is 8. The molecule has 2 aromatic carbocycles. The number of imidazole rings is 1. The van der Waals surface area contributed by atoms with Crippen molar-refractivity contribution in [3.63, 3.8) is 0 Å². The summed E-state index contributed by atoms with van der Waals surface area (Å²) in [6.45, 7) is 1.59. The summed E-state index contributed by atoms with van der Waals surface area (Å²) >= 11 is 0. The zero-order valence-corrected chi connectivity index (χ0v) is 25.7. The lowest BCUT2D eigenvalue weighted by Gasteiger charge is -2.27. The Kier molecular flexibility index (Phi) is 6.04. The van der Waals surface area contributed by atoms with E-state index in [9.17, 15) is 4.79 Å². The normalized spacial score (nSPS) is 20.8. The molecule has 1 amide bonds. The van der Waals surface area contributed by atoms with Gasteiger partial charge in [-0.2, -0.15) is 0 Å². The lowest BCUT2D eigenvalue weighted by atomic mass is 10.1. The number of H-pyrrole nitrogens is 1. The number of rotatable bonds is 7. The first-order valence-corrected chi connectivity index (χ1v) is 15.9. The number of pyridine rings is 1. The fraction of sp³-hybridized carbons (Fsp3) is 0.353. The van der Waals surface area contributed by atoms with Gasteiger partial charge in [-0.15, -0.1) is 5.10 Å². The number of carbonyl (C=O) groups excluding carboxylic acids is 1. The number of hydrogen-bond acceptors (Lipinski definition) is 8. The number of nitrogens with two attached hydrogens (primary N) is 1. The number of nitrogens with one attached hydrogen (secondary N) is 1. The number of nitrogens with zero attached hydrogens (tertiary/aromatic N) is 8. The molecule has 5 heterocycles. The first-order chi connectivity index (χ1) is 22.5. The van der Waals surface area contributed by atoms with Crippen molar-refractivity contribution >= 4 is 28.0 Å². The number of aryl methyl sites for hydroxylation is 1. The van der Waals surface area contributed by atoms with Crippen LogP contribution in [-0.2, 0) is 13.6 Å². The lowest BCUT2D eigenvalue weighted by molar-refractivity contribution is 0.0700. The van der Waals surface area contributed by atoms with Crippen molar-refractivity contribution in [1.82, 2.24) is 44.6 Å². The molecule has 0 spiro atoms. The number of tetrazole rings is 1. The first-order valence-electron chi connectivity index (χ1n) is 15.9. The smallest absolute Gasteiger partial charge is 0.254 e. The van der Waals surface area contributed by atoms with Gasteiger partial charge in [0.2, 0.25) is 0 Å². The van der Waals surface area contributed by atoms with Crippen LogP contribution in [0.4, 0.5) is 0 Å². The fourth-order valence-electron chi connectivity index (χ4n) is 7.56. The Morgan fingerprint density at radius 3 is 2.54 bits per heavy atom. The summed E-state index contributed by atoms with van der Waals surface area (Å²) < 4.78 is 10.3. The van der Waals surface area contributed by atoms with Crippen LogP contribution in [0.3, 0.4) is 0 Å². The van der Waals surface area contributed by atoms with E-state index < -0.39 is 0 Å². The third kappa shape index (κ3) is 4.23. The second kappa shape index (κ2) is 10.2. The summed E-state index contributed by atoms with van der Waals surface area (Å²) in [5.74, 6) is 3.07. The summed E-state index contributed by atoms with van der Waals surface area (Å²) in [6, 6.07) is 18.4. The second-order valence-corrected chi connectivity index (χ2v) is 13.0. The quantitative estimate of drug-likeness (QED) is 0.269. The fourth-order valence-corrected chi connectivity index (χ4v) is 7.56. The maximum atomic E-state index is 13.7. The van der Waals surface area contributed by atoms with Gasteiger partial charge >= 0.3 is 0 Å². The van der Waals surface area contributed by atoms with Crippen molar-refractivity contribution < 1.29 is 9.53 Å². The Bertz CT molecular complexity index is 2130. The van der Waals surface area contributed by atoms with Gasteiger partial charge in [0.25, 0.3) is 5.91 Å². The summed E-state index contributed by atoms with van der Waals surface area (Å²) in [5.41, 5.74) is 13.3. The molecule has 2 aliphatic carbocycles.